The summed E-state index contributed by atoms with van der Waals surface area (Å²) in [7, 11) is 1.74. The van der Waals surface area contributed by atoms with E-state index in [-0.39, 0.29) is 5.91 Å². The van der Waals surface area contributed by atoms with Crippen LogP contribution in [-0.4, -0.2) is 13.0 Å². The van der Waals surface area contributed by atoms with Crippen LogP contribution in [0.3, 0.4) is 0 Å². The summed E-state index contributed by atoms with van der Waals surface area (Å²) in [6.07, 6.45) is 0. The summed E-state index contributed by atoms with van der Waals surface area (Å²) in [6.45, 7) is 0. The van der Waals surface area contributed by atoms with Crippen LogP contribution in [0.2, 0.25) is 0 Å². The van der Waals surface area contributed by atoms with Crippen LogP contribution in [0.15, 0.2) is 24.3 Å². The average Bonchev–Trinajstić information content (AvgIpc) is 2.33. The molecule has 12 heavy (non-hydrogen) atoms. The first-order chi connectivity index (χ1) is 5.72. The van der Waals surface area contributed by atoms with Crippen molar-refractivity contribution in [3.05, 3.63) is 29.8 Å². The molecule has 0 spiro atoms. The van der Waals surface area contributed by atoms with Gasteiger partial charge in [-0.05, 0) is 6.07 Å². The zero-order chi connectivity index (χ0) is 8.72. The molecule has 0 aliphatic carbocycles. The van der Waals surface area contributed by atoms with E-state index in [0.29, 0.717) is 0 Å². The third-order valence-electron chi connectivity index (χ3n) is 2.12. The summed E-state index contributed by atoms with van der Waals surface area (Å²) in [4.78, 5) is 12.9. The molecule has 0 aromatic heterocycles. The molecule has 1 atom stereocenters. The van der Waals surface area contributed by atoms with E-state index in [1.165, 1.54) is 0 Å². The number of para-hydroxylation sites is 1. The van der Waals surface area contributed by atoms with E-state index in [1.54, 1.807) is 11.9 Å². The molecule has 2 nitrogen and oxygen atoms in total. The number of hydrogen-bond donors (Lipinski definition) is 0. The molecular weight excluding hydrogens is 174 g/mol. The van der Waals surface area contributed by atoms with Gasteiger partial charge in [0.2, 0.25) is 5.91 Å². The summed E-state index contributed by atoms with van der Waals surface area (Å²) in [6, 6.07) is 7.57. The minimum absolute atomic E-state index is 0.0436. The van der Waals surface area contributed by atoms with Crippen molar-refractivity contribution in [3.8, 4) is 0 Å². The SMILES string of the molecule is CN1C(=O)[C@H](Cl)c2ccccc21. The minimum atomic E-state index is -0.494. The average molecular weight is 182 g/mol. The molecule has 3 heteroatoms. The van der Waals surface area contributed by atoms with E-state index in [1.807, 2.05) is 24.3 Å². The molecule has 1 heterocycles. The van der Waals surface area contributed by atoms with E-state index < -0.39 is 5.38 Å². The highest BCUT2D eigenvalue weighted by molar-refractivity contribution is 6.35. The van der Waals surface area contributed by atoms with Crippen LogP contribution in [0, 0.1) is 0 Å². The number of amides is 1. The summed E-state index contributed by atoms with van der Waals surface area (Å²) in [5, 5.41) is -0.494. The highest BCUT2D eigenvalue weighted by Crippen LogP contribution is 2.38. The molecule has 0 bridgehead atoms. The van der Waals surface area contributed by atoms with Crippen LogP contribution in [-0.2, 0) is 4.79 Å². The summed E-state index contributed by atoms with van der Waals surface area (Å²) < 4.78 is 0. The number of anilines is 1. The number of nitrogens with zero attached hydrogens (tertiary/aromatic N) is 1. The molecule has 1 aromatic rings. The van der Waals surface area contributed by atoms with Gasteiger partial charge >= 0.3 is 0 Å². The van der Waals surface area contributed by atoms with E-state index in [9.17, 15) is 4.79 Å². The number of hydrogen-bond acceptors (Lipinski definition) is 1. The van der Waals surface area contributed by atoms with Gasteiger partial charge in [-0.1, -0.05) is 18.2 Å². The van der Waals surface area contributed by atoms with E-state index in [4.69, 9.17) is 11.6 Å². The number of halogens is 1. The molecule has 0 radical (unpaired) electrons. The van der Waals surface area contributed by atoms with Gasteiger partial charge in [-0.2, -0.15) is 0 Å². The quantitative estimate of drug-likeness (QED) is 0.561. The smallest absolute Gasteiger partial charge is 0.249 e. The molecule has 0 N–H and O–H groups in total. The first kappa shape index (κ1) is 7.62. The molecule has 62 valence electrons. The Labute approximate surface area is 75.7 Å². The van der Waals surface area contributed by atoms with Crippen LogP contribution in [0.5, 0.6) is 0 Å². The highest BCUT2D eigenvalue weighted by Gasteiger charge is 2.32. The van der Waals surface area contributed by atoms with Crippen LogP contribution < -0.4 is 4.90 Å². The van der Waals surface area contributed by atoms with Gasteiger partial charge in [0.15, 0.2) is 0 Å². The van der Waals surface area contributed by atoms with Crippen molar-refractivity contribution >= 4 is 23.2 Å². The molecule has 0 saturated carbocycles. The second-order valence-electron chi connectivity index (χ2n) is 2.82. The van der Waals surface area contributed by atoms with Crippen LogP contribution in [0.25, 0.3) is 0 Å². The molecule has 0 unspecified atom stereocenters. The maximum absolute atomic E-state index is 11.4. The number of fused-ring (bicyclic) bond motifs is 1. The number of likely N-dealkylation sites (N-methyl/N-ethyl adjacent to an activating group) is 1. The molecular formula is C9H8ClNO. The second-order valence-corrected chi connectivity index (χ2v) is 3.26. The fourth-order valence-electron chi connectivity index (χ4n) is 1.43. The number of benzene rings is 1. The van der Waals surface area contributed by atoms with E-state index in [0.717, 1.165) is 11.3 Å². The summed E-state index contributed by atoms with van der Waals surface area (Å²) in [5.74, 6) is -0.0436. The predicted octanol–water partition coefficient (Wildman–Crippen LogP) is 1.94. The van der Waals surface area contributed by atoms with Crippen molar-refractivity contribution in [2.24, 2.45) is 0 Å². The third-order valence-corrected chi connectivity index (χ3v) is 2.54. The Morgan fingerprint density at radius 2 is 2.08 bits per heavy atom. The number of rotatable bonds is 0. The minimum Gasteiger partial charge on any atom is -0.314 e. The maximum atomic E-state index is 11.4. The van der Waals surface area contributed by atoms with Gasteiger partial charge in [0.25, 0.3) is 0 Å². The fourth-order valence-corrected chi connectivity index (χ4v) is 1.76. The maximum Gasteiger partial charge on any atom is 0.249 e. The third kappa shape index (κ3) is 0.847. The van der Waals surface area contributed by atoms with Crippen LogP contribution >= 0.6 is 11.6 Å². The normalized spacial score (nSPS) is 21.3. The molecule has 1 aromatic carbocycles. The van der Waals surface area contributed by atoms with Crippen LogP contribution in [0.1, 0.15) is 10.9 Å². The lowest BCUT2D eigenvalue weighted by molar-refractivity contribution is -0.117. The van der Waals surface area contributed by atoms with Crippen LogP contribution in [0.4, 0.5) is 5.69 Å². The Kier molecular flexibility index (Phi) is 1.58. The van der Waals surface area contributed by atoms with Crippen molar-refractivity contribution in [1.29, 1.82) is 0 Å². The Bertz CT molecular complexity index is 306. The number of alkyl halides is 1. The lowest BCUT2D eigenvalue weighted by atomic mass is 10.2. The Morgan fingerprint density at radius 1 is 1.42 bits per heavy atom. The first-order valence-electron chi connectivity index (χ1n) is 3.72. The molecule has 0 fully saturated rings. The lowest BCUT2D eigenvalue weighted by Gasteiger charge is -2.08. The van der Waals surface area contributed by atoms with Gasteiger partial charge in [-0.3, -0.25) is 4.79 Å². The lowest BCUT2D eigenvalue weighted by Crippen LogP contribution is -2.21. The van der Waals surface area contributed by atoms with E-state index >= 15 is 0 Å². The van der Waals surface area contributed by atoms with Crippen molar-refractivity contribution in [3.63, 3.8) is 0 Å². The van der Waals surface area contributed by atoms with Crippen molar-refractivity contribution in [2.45, 2.75) is 5.38 Å². The molecule has 1 aliphatic heterocycles. The van der Waals surface area contributed by atoms with Crippen molar-refractivity contribution < 1.29 is 4.79 Å². The predicted molar refractivity (Wildman–Crippen MR) is 48.4 cm³/mol. The Balaban J connectivity index is 2.59. The molecule has 2 rings (SSSR count). The zero-order valence-electron chi connectivity index (χ0n) is 6.62. The summed E-state index contributed by atoms with van der Waals surface area (Å²) >= 11 is 5.90. The zero-order valence-corrected chi connectivity index (χ0v) is 7.38. The van der Waals surface area contributed by atoms with Gasteiger partial charge < -0.3 is 4.90 Å². The molecule has 1 aliphatic rings. The van der Waals surface area contributed by atoms with Gasteiger partial charge in [-0.15, -0.1) is 11.6 Å². The number of carbonyl (C=O) groups excluding carboxylic acids is 1. The van der Waals surface area contributed by atoms with E-state index in [2.05, 4.69) is 0 Å². The largest absolute Gasteiger partial charge is 0.314 e. The summed E-state index contributed by atoms with van der Waals surface area (Å²) in [5.41, 5.74) is 1.83. The van der Waals surface area contributed by atoms with Crippen molar-refractivity contribution in [1.82, 2.24) is 0 Å². The Hall–Kier alpha value is -1.02. The van der Waals surface area contributed by atoms with Gasteiger partial charge in [0, 0.05) is 18.3 Å². The van der Waals surface area contributed by atoms with Gasteiger partial charge in [0.05, 0.1) is 0 Å². The highest BCUT2D eigenvalue weighted by atomic mass is 35.5. The van der Waals surface area contributed by atoms with Gasteiger partial charge in [-0.25, -0.2) is 0 Å². The second kappa shape index (κ2) is 2.49. The molecule has 1 amide bonds. The van der Waals surface area contributed by atoms with Crippen molar-refractivity contribution in [2.75, 3.05) is 11.9 Å². The standard InChI is InChI=1S/C9H8ClNO/c1-11-7-5-3-2-4-6(7)8(10)9(11)12/h2-5,8H,1H3/t8-/m1/s1. The Morgan fingerprint density at radius 3 is 2.75 bits per heavy atom. The monoisotopic (exact) mass is 181 g/mol. The fraction of sp³-hybridized carbons (Fsp3) is 0.222. The first-order valence-corrected chi connectivity index (χ1v) is 4.16. The molecule has 0 saturated heterocycles. The van der Waals surface area contributed by atoms with Gasteiger partial charge in [0.1, 0.15) is 5.38 Å². The number of carbonyl (C=O) groups is 1. The topological polar surface area (TPSA) is 20.3 Å².